The van der Waals surface area contributed by atoms with Crippen molar-refractivity contribution in [3.05, 3.63) is 11.6 Å². The lowest BCUT2D eigenvalue weighted by Gasteiger charge is -2.29. The maximum atomic E-state index is 11.4. The van der Waals surface area contributed by atoms with Gasteiger partial charge in [-0.2, -0.15) is 0 Å². The fraction of sp³-hybridized carbons (Fsp3) is 0.667. The number of hydrogen-bond donors (Lipinski definition) is 0. The van der Waals surface area contributed by atoms with E-state index in [1.807, 2.05) is 17.9 Å². The van der Waals surface area contributed by atoms with Crippen LogP contribution in [-0.4, -0.2) is 23.4 Å². The predicted molar refractivity (Wildman–Crippen MR) is 45.2 cm³/mol. The van der Waals surface area contributed by atoms with E-state index in [4.69, 9.17) is 0 Å². The standard InChI is InChI=1S/C9H15NO/c1-7(2)10-6-4-5-8(3)9(10)11/h5,7H,4,6H2,1-3H3. The van der Waals surface area contributed by atoms with Crippen LogP contribution in [0.3, 0.4) is 0 Å². The van der Waals surface area contributed by atoms with Crippen LogP contribution in [0.2, 0.25) is 0 Å². The van der Waals surface area contributed by atoms with Crippen molar-refractivity contribution in [2.24, 2.45) is 0 Å². The van der Waals surface area contributed by atoms with Crippen molar-refractivity contribution in [1.82, 2.24) is 4.90 Å². The number of carbonyl (C=O) groups is 1. The summed E-state index contributed by atoms with van der Waals surface area (Å²) in [6, 6.07) is 0.339. The molecule has 0 N–H and O–H groups in total. The van der Waals surface area contributed by atoms with Crippen LogP contribution in [0.15, 0.2) is 11.6 Å². The monoisotopic (exact) mass is 153 g/mol. The average Bonchev–Trinajstić information content (AvgIpc) is 1.94. The van der Waals surface area contributed by atoms with Crippen LogP contribution in [0.5, 0.6) is 0 Å². The van der Waals surface area contributed by atoms with Crippen molar-refractivity contribution in [2.75, 3.05) is 6.54 Å². The Morgan fingerprint density at radius 2 is 2.18 bits per heavy atom. The van der Waals surface area contributed by atoms with E-state index < -0.39 is 0 Å². The van der Waals surface area contributed by atoms with Crippen LogP contribution in [0.1, 0.15) is 27.2 Å². The van der Waals surface area contributed by atoms with Gasteiger partial charge in [0.05, 0.1) is 0 Å². The Morgan fingerprint density at radius 3 is 2.64 bits per heavy atom. The molecular weight excluding hydrogens is 138 g/mol. The summed E-state index contributed by atoms with van der Waals surface area (Å²) in [5.41, 5.74) is 0.893. The molecule has 0 bridgehead atoms. The second-order valence-corrected chi connectivity index (χ2v) is 3.27. The van der Waals surface area contributed by atoms with Crippen molar-refractivity contribution >= 4 is 5.91 Å². The van der Waals surface area contributed by atoms with Crippen LogP contribution in [0.25, 0.3) is 0 Å². The van der Waals surface area contributed by atoms with Gasteiger partial charge in [-0.1, -0.05) is 6.08 Å². The van der Waals surface area contributed by atoms with E-state index in [0.717, 1.165) is 18.5 Å². The minimum absolute atomic E-state index is 0.200. The van der Waals surface area contributed by atoms with Crippen LogP contribution in [0, 0.1) is 0 Å². The lowest BCUT2D eigenvalue weighted by molar-refractivity contribution is -0.129. The molecule has 0 saturated carbocycles. The van der Waals surface area contributed by atoms with Crippen molar-refractivity contribution in [3.63, 3.8) is 0 Å². The molecule has 0 atom stereocenters. The third-order valence-corrected chi connectivity index (χ3v) is 2.04. The largest absolute Gasteiger partial charge is 0.336 e. The quantitative estimate of drug-likeness (QED) is 0.560. The van der Waals surface area contributed by atoms with Gasteiger partial charge in [0.15, 0.2) is 0 Å². The third kappa shape index (κ3) is 1.62. The van der Waals surface area contributed by atoms with E-state index in [2.05, 4.69) is 13.8 Å². The molecule has 1 aliphatic rings. The second-order valence-electron chi connectivity index (χ2n) is 3.27. The number of amides is 1. The summed E-state index contributed by atoms with van der Waals surface area (Å²) in [6.45, 7) is 6.87. The lowest BCUT2D eigenvalue weighted by Crippen LogP contribution is -2.40. The molecule has 1 amide bonds. The molecule has 2 heteroatoms. The second kappa shape index (κ2) is 3.07. The summed E-state index contributed by atoms with van der Waals surface area (Å²) in [5.74, 6) is 0.200. The zero-order valence-corrected chi connectivity index (χ0v) is 7.42. The highest BCUT2D eigenvalue weighted by Gasteiger charge is 2.20. The molecule has 0 aromatic heterocycles. The highest BCUT2D eigenvalue weighted by Crippen LogP contribution is 2.12. The van der Waals surface area contributed by atoms with Gasteiger partial charge in [-0.05, 0) is 27.2 Å². The van der Waals surface area contributed by atoms with Gasteiger partial charge < -0.3 is 4.90 Å². The predicted octanol–water partition coefficient (Wildman–Crippen LogP) is 1.57. The smallest absolute Gasteiger partial charge is 0.249 e. The molecule has 1 aliphatic heterocycles. The molecule has 0 unspecified atom stereocenters. The maximum absolute atomic E-state index is 11.4. The zero-order chi connectivity index (χ0) is 8.43. The number of hydrogen-bond acceptors (Lipinski definition) is 1. The van der Waals surface area contributed by atoms with Crippen LogP contribution < -0.4 is 0 Å². The summed E-state index contributed by atoms with van der Waals surface area (Å²) in [7, 11) is 0. The molecule has 0 spiro atoms. The Labute approximate surface area is 67.9 Å². The highest BCUT2D eigenvalue weighted by molar-refractivity contribution is 5.93. The molecule has 1 rings (SSSR count). The molecule has 1 heterocycles. The van der Waals surface area contributed by atoms with Crippen molar-refractivity contribution in [3.8, 4) is 0 Å². The normalized spacial score (nSPS) is 19.1. The van der Waals surface area contributed by atoms with Gasteiger partial charge in [0.2, 0.25) is 5.91 Å². The fourth-order valence-corrected chi connectivity index (χ4v) is 1.33. The first-order valence-corrected chi connectivity index (χ1v) is 4.10. The minimum atomic E-state index is 0.200. The topological polar surface area (TPSA) is 20.3 Å². The van der Waals surface area contributed by atoms with Gasteiger partial charge in [-0.15, -0.1) is 0 Å². The molecular formula is C9H15NO. The van der Waals surface area contributed by atoms with Gasteiger partial charge in [0.25, 0.3) is 0 Å². The Hall–Kier alpha value is -0.790. The first-order valence-electron chi connectivity index (χ1n) is 4.10. The Bertz CT molecular complexity index is 194. The number of nitrogens with zero attached hydrogens (tertiary/aromatic N) is 1. The number of rotatable bonds is 1. The summed E-state index contributed by atoms with van der Waals surface area (Å²) >= 11 is 0. The van der Waals surface area contributed by atoms with Crippen LogP contribution >= 0.6 is 0 Å². The zero-order valence-electron chi connectivity index (χ0n) is 7.42. The van der Waals surface area contributed by atoms with E-state index in [1.165, 1.54) is 0 Å². The average molecular weight is 153 g/mol. The summed E-state index contributed by atoms with van der Waals surface area (Å²) in [6.07, 6.45) is 3.02. The molecule has 0 aromatic rings. The summed E-state index contributed by atoms with van der Waals surface area (Å²) in [4.78, 5) is 13.3. The van der Waals surface area contributed by atoms with Gasteiger partial charge in [0.1, 0.15) is 0 Å². The molecule has 0 fully saturated rings. The van der Waals surface area contributed by atoms with Crippen molar-refractivity contribution in [1.29, 1.82) is 0 Å². The SMILES string of the molecule is CC1=CCCN(C(C)C)C1=O. The van der Waals surface area contributed by atoms with E-state index in [0.29, 0.717) is 6.04 Å². The number of carbonyl (C=O) groups excluding carboxylic acids is 1. The molecule has 2 nitrogen and oxygen atoms in total. The Balaban J connectivity index is 2.73. The van der Waals surface area contributed by atoms with Gasteiger partial charge in [-0.25, -0.2) is 0 Å². The molecule has 62 valence electrons. The Kier molecular flexibility index (Phi) is 2.32. The molecule has 0 radical (unpaired) electrons. The van der Waals surface area contributed by atoms with Crippen molar-refractivity contribution in [2.45, 2.75) is 33.2 Å². The van der Waals surface area contributed by atoms with Crippen LogP contribution in [-0.2, 0) is 4.79 Å². The minimum Gasteiger partial charge on any atom is -0.336 e. The molecule has 0 saturated heterocycles. The summed E-state index contributed by atoms with van der Waals surface area (Å²) < 4.78 is 0. The molecule has 0 aromatic carbocycles. The van der Waals surface area contributed by atoms with E-state index in [1.54, 1.807) is 0 Å². The lowest BCUT2D eigenvalue weighted by atomic mass is 10.1. The summed E-state index contributed by atoms with van der Waals surface area (Å²) in [5, 5.41) is 0. The molecule has 11 heavy (non-hydrogen) atoms. The first-order chi connectivity index (χ1) is 5.13. The highest BCUT2D eigenvalue weighted by atomic mass is 16.2. The van der Waals surface area contributed by atoms with Crippen molar-refractivity contribution < 1.29 is 4.79 Å². The Morgan fingerprint density at radius 1 is 1.55 bits per heavy atom. The van der Waals surface area contributed by atoms with E-state index in [-0.39, 0.29) is 5.91 Å². The van der Waals surface area contributed by atoms with Gasteiger partial charge in [0, 0.05) is 18.2 Å². The van der Waals surface area contributed by atoms with Crippen LogP contribution in [0.4, 0.5) is 0 Å². The third-order valence-electron chi connectivity index (χ3n) is 2.04. The molecule has 0 aliphatic carbocycles. The van der Waals surface area contributed by atoms with E-state index >= 15 is 0 Å². The van der Waals surface area contributed by atoms with Gasteiger partial charge >= 0.3 is 0 Å². The maximum Gasteiger partial charge on any atom is 0.249 e. The van der Waals surface area contributed by atoms with Gasteiger partial charge in [-0.3, -0.25) is 4.79 Å². The van der Waals surface area contributed by atoms with E-state index in [9.17, 15) is 4.79 Å². The fourth-order valence-electron chi connectivity index (χ4n) is 1.33. The first kappa shape index (κ1) is 8.31.